The van der Waals surface area contributed by atoms with Gasteiger partial charge < -0.3 is 24.7 Å². The second-order valence-corrected chi connectivity index (χ2v) is 11.0. The molecule has 0 aliphatic carbocycles. The summed E-state index contributed by atoms with van der Waals surface area (Å²) in [6.07, 6.45) is 1.92. The van der Waals surface area contributed by atoms with Crippen LogP contribution in [0.15, 0.2) is 67.3 Å². The Morgan fingerprint density at radius 2 is 1.89 bits per heavy atom. The second-order valence-electron chi connectivity index (χ2n) is 10.6. The van der Waals surface area contributed by atoms with Crippen LogP contribution < -0.4 is 4.90 Å². The van der Waals surface area contributed by atoms with E-state index < -0.39 is 59.5 Å². The smallest absolute Gasteiger partial charge is 0.310 e. The van der Waals surface area contributed by atoms with Crippen LogP contribution in [0.3, 0.4) is 0 Å². The van der Waals surface area contributed by atoms with Crippen LogP contribution in [0.2, 0.25) is 5.02 Å². The zero-order valence-electron chi connectivity index (χ0n) is 21.3. The molecule has 2 N–H and O–H groups in total. The first-order chi connectivity index (χ1) is 18.1. The standard InChI is InChI=1S/C29H31ClN2O6/c1-4-14-31(20-12-10-19(30)11-13-20)26(35)24-29-15-17(2)28(3,38-29)23(27(36)37)22(29)25(34)32(24)21(16-33)18-8-6-5-7-9-18/h4-13,17,21-24,33H,1,14-16H2,2-3H3,(H,36,37)/t17?,21-,22+,23-,24?,28+,29?/m1/s1. The van der Waals surface area contributed by atoms with Crippen molar-refractivity contribution >= 4 is 35.1 Å². The number of hydrogen-bond donors (Lipinski definition) is 2. The number of aliphatic carboxylic acids is 1. The summed E-state index contributed by atoms with van der Waals surface area (Å²) in [7, 11) is 0. The lowest BCUT2D eigenvalue weighted by Crippen LogP contribution is -2.57. The van der Waals surface area contributed by atoms with E-state index in [1.165, 1.54) is 9.80 Å². The molecular weight excluding hydrogens is 508 g/mol. The van der Waals surface area contributed by atoms with Gasteiger partial charge in [0.15, 0.2) is 0 Å². The number of amides is 2. The quantitative estimate of drug-likeness (QED) is 0.496. The molecule has 3 fully saturated rings. The molecule has 5 rings (SSSR count). The fraction of sp³-hybridized carbons (Fsp3) is 0.414. The number of carbonyl (C=O) groups excluding carboxylic acids is 2. The average molecular weight is 539 g/mol. The Labute approximate surface area is 226 Å². The van der Waals surface area contributed by atoms with Gasteiger partial charge in [-0.15, -0.1) is 6.58 Å². The van der Waals surface area contributed by atoms with E-state index in [9.17, 15) is 24.6 Å². The van der Waals surface area contributed by atoms with Gasteiger partial charge in [0, 0.05) is 17.3 Å². The number of anilines is 1. The highest BCUT2D eigenvalue weighted by molar-refractivity contribution is 6.30. The minimum Gasteiger partial charge on any atom is -0.481 e. The van der Waals surface area contributed by atoms with E-state index in [0.29, 0.717) is 22.7 Å². The summed E-state index contributed by atoms with van der Waals surface area (Å²) in [5.41, 5.74) is -1.28. The van der Waals surface area contributed by atoms with E-state index in [2.05, 4.69) is 6.58 Å². The molecule has 0 saturated carbocycles. The SMILES string of the molecule is C=CCN(C(=O)C1N([C@H](CO)c2ccccc2)C(=O)[C@@H]2[C@H](C(=O)O)[C@@]3(C)OC12CC3C)c1ccc(Cl)cc1. The lowest BCUT2D eigenvalue weighted by Gasteiger charge is -2.39. The fourth-order valence-corrected chi connectivity index (χ4v) is 7.04. The number of ether oxygens (including phenoxy) is 1. The number of nitrogens with zero attached hydrogens (tertiary/aromatic N) is 2. The van der Waals surface area contributed by atoms with Crippen molar-refractivity contribution in [3.63, 3.8) is 0 Å². The molecule has 1 spiro atoms. The van der Waals surface area contributed by atoms with Gasteiger partial charge in [-0.1, -0.05) is 54.9 Å². The van der Waals surface area contributed by atoms with Gasteiger partial charge in [-0.05, 0) is 49.1 Å². The van der Waals surface area contributed by atoms with Crippen LogP contribution in [-0.4, -0.2) is 63.3 Å². The Morgan fingerprint density at radius 3 is 2.47 bits per heavy atom. The van der Waals surface area contributed by atoms with Crippen molar-refractivity contribution in [1.82, 2.24) is 4.90 Å². The third kappa shape index (κ3) is 3.69. The number of carboxylic acid groups (broad SMARTS) is 1. The molecule has 9 heteroatoms. The molecule has 3 aliphatic heterocycles. The molecule has 3 saturated heterocycles. The van der Waals surface area contributed by atoms with Crippen LogP contribution in [0, 0.1) is 17.8 Å². The van der Waals surface area contributed by atoms with Gasteiger partial charge in [0.05, 0.1) is 24.2 Å². The molecule has 3 aliphatic rings. The Balaban J connectivity index is 1.69. The van der Waals surface area contributed by atoms with Crippen LogP contribution in [0.1, 0.15) is 31.9 Å². The highest BCUT2D eigenvalue weighted by Gasteiger charge is 2.80. The van der Waals surface area contributed by atoms with Gasteiger partial charge in [0.2, 0.25) is 5.91 Å². The van der Waals surface area contributed by atoms with Crippen LogP contribution in [0.25, 0.3) is 0 Å². The number of halogens is 1. The summed E-state index contributed by atoms with van der Waals surface area (Å²) >= 11 is 6.09. The molecular formula is C29H31ClN2O6. The monoisotopic (exact) mass is 538 g/mol. The van der Waals surface area contributed by atoms with Crippen LogP contribution in [0.5, 0.6) is 0 Å². The van der Waals surface area contributed by atoms with Crippen molar-refractivity contribution in [3.8, 4) is 0 Å². The summed E-state index contributed by atoms with van der Waals surface area (Å²) in [4.78, 5) is 44.3. The van der Waals surface area contributed by atoms with Crippen molar-refractivity contribution in [3.05, 3.63) is 77.8 Å². The summed E-state index contributed by atoms with van der Waals surface area (Å²) in [5, 5.41) is 21.3. The fourth-order valence-electron chi connectivity index (χ4n) is 6.92. The molecule has 3 heterocycles. The number of hydrogen-bond acceptors (Lipinski definition) is 5. The summed E-state index contributed by atoms with van der Waals surface area (Å²) in [6.45, 7) is 7.13. The molecule has 0 aromatic heterocycles. The van der Waals surface area contributed by atoms with E-state index in [-0.39, 0.29) is 12.5 Å². The average Bonchev–Trinajstić information content (AvgIpc) is 3.41. The molecule has 38 heavy (non-hydrogen) atoms. The number of aliphatic hydroxyl groups is 1. The van der Waals surface area contributed by atoms with E-state index in [0.717, 1.165) is 0 Å². The zero-order valence-corrected chi connectivity index (χ0v) is 22.0. The molecule has 3 unspecified atom stereocenters. The summed E-state index contributed by atoms with van der Waals surface area (Å²) in [5.74, 6) is -4.46. The van der Waals surface area contributed by atoms with Gasteiger partial charge in [-0.3, -0.25) is 14.4 Å². The number of benzene rings is 2. The molecule has 0 radical (unpaired) electrons. The molecule has 200 valence electrons. The maximum absolute atomic E-state index is 14.6. The first-order valence-corrected chi connectivity index (χ1v) is 13.1. The first kappa shape index (κ1) is 26.4. The normalized spacial score (nSPS) is 32.2. The van der Waals surface area contributed by atoms with Crippen molar-refractivity contribution in [2.45, 2.75) is 43.6 Å². The summed E-state index contributed by atoms with van der Waals surface area (Å²) in [6, 6.07) is 13.7. The number of carbonyl (C=O) groups is 3. The van der Waals surface area contributed by atoms with Crippen molar-refractivity contribution in [2.24, 2.45) is 17.8 Å². The predicted molar refractivity (Wildman–Crippen MR) is 142 cm³/mol. The van der Waals surface area contributed by atoms with Crippen molar-refractivity contribution in [2.75, 3.05) is 18.1 Å². The Hall–Kier alpha value is -3.20. The van der Waals surface area contributed by atoms with Crippen LogP contribution in [-0.2, 0) is 19.1 Å². The highest BCUT2D eigenvalue weighted by Crippen LogP contribution is 2.66. The first-order valence-electron chi connectivity index (χ1n) is 12.7. The maximum atomic E-state index is 14.6. The topological polar surface area (TPSA) is 107 Å². The van der Waals surface area contributed by atoms with Gasteiger partial charge in [-0.25, -0.2) is 0 Å². The van der Waals surface area contributed by atoms with Gasteiger partial charge in [-0.2, -0.15) is 0 Å². The van der Waals surface area contributed by atoms with Crippen LogP contribution >= 0.6 is 11.6 Å². The number of carboxylic acids is 1. The Morgan fingerprint density at radius 1 is 1.24 bits per heavy atom. The number of likely N-dealkylation sites (tertiary alicyclic amines) is 1. The third-order valence-electron chi connectivity index (χ3n) is 8.66. The molecule has 8 nitrogen and oxygen atoms in total. The third-order valence-corrected chi connectivity index (χ3v) is 8.91. The van der Waals surface area contributed by atoms with E-state index >= 15 is 0 Å². The minimum atomic E-state index is -1.36. The van der Waals surface area contributed by atoms with Gasteiger partial charge in [0.25, 0.3) is 5.91 Å². The predicted octanol–water partition coefficient (Wildman–Crippen LogP) is 3.69. The van der Waals surface area contributed by atoms with Crippen LogP contribution in [0.4, 0.5) is 5.69 Å². The highest BCUT2D eigenvalue weighted by atomic mass is 35.5. The second kappa shape index (κ2) is 9.52. The molecule has 2 aromatic carbocycles. The Kier molecular flexibility index (Phi) is 6.62. The molecule has 2 amide bonds. The summed E-state index contributed by atoms with van der Waals surface area (Å²) < 4.78 is 6.59. The molecule has 7 atom stereocenters. The number of rotatable bonds is 8. The zero-order chi connectivity index (χ0) is 27.4. The largest absolute Gasteiger partial charge is 0.481 e. The van der Waals surface area contributed by atoms with Crippen molar-refractivity contribution < 1.29 is 29.3 Å². The van der Waals surface area contributed by atoms with E-state index in [1.54, 1.807) is 61.5 Å². The number of fused-ring (bicyclic) bond motifs is 1. The lowest BCUT2D eigenvalue weighted by atomic mass is 9.62. The van der Waals surface area contributed by atoms with Gasteiger partial charge >= 0.3 is 5.97 Å². The van der Waals surface area contributed by atoms with E-state index in [4.69, 9.17) is 16.3 Å². The van der Waals surface area contributed by atoms with Crippen molar-refractivity contribution in [1.29, 1.82) is 0 Å². The number of aliphatic hydroxyl groups excluding tert-OH is 1. The van der Waals surface area contributed by atoms with E-state index in [1.807, 2.05) is 13.0 Å². The molecule has 2 aromatic rings. The molecule has 2 bridgehead atoms. The minimum absolute atomic E-state index is 0.143. The lowest BCUT2D eigenvalue weighted by molar-refractivity contribution is -0.157. The maximum Gasteiger partial charge on any atom is 0.310 e. The van der Waals surface area contributed by atoms with Gasteiger partial charge in [0.1, 0.15) is 17.6 Å². The Bertz CT molecular complexity index is 1270.